The van der Waals surface area contributed by atoms with Crippen molar-refractivity contribution >= 4 is 11.5 Å². The second-order valence-electron chi connectivity index (χ2n) is 5.03. The number of carbonyl (C=O) groups is 1. The number of rotatable bonds is 6. The third kappa shape index (κ3) is 3.16. The molecule has 19 heavy (non-hydrogen) atoms. The van der Waals surface area contributed by atoms with Crippen molar-refractivity contribution in [1.82, 2.24) is 0 Å². The lowest BCUT2D eigenvalue weighted by Gasteiger charge is -2.09. The summed E-state index contributed by atoms with van der Waals surface area (Å²) in [4.78, 5) is 10.9. The Kier molecular flexibility index (Phi) is 4.25. The van der Waals surface area contributed by atoms with E-state index >= 15 is 0 Å². The van der Waals surface area contributed by atoms with Gasteiger partial charge in [0.25, 0.3) is 0 Å². The van der Waals surface area contributed by atoms with Crippen LogP contribution in [-0.4, -0.2) is 17.7 Å². The summed E-state index contributed by atoms with van der Waals surface area (Å²) < 4.78 is 5.69. The molecule has 0 radical (unpaired) electrons. The van der Waals surface area contributed by atoms with Crippen LogP contribution in [0.4, 0.5) is 0 Å². The van der Waals surface area contributed by atoms with Gasteiger partial charge in [0.2, 0.25) is 0 Å². The molecule has 0 amide bonds. The van der Waals surface area contributed by atoms with E-state index in [2.05, 4.69) is 13.0 Å². The Labute approximate surface area is 113 Å². The summed E-state index contributed by atoms with van der Waals surface area (Å²) in [7, 11) is 0. The fourth-order valence-corrected chi connectivity index (χ4v) is 2.43. The number of hydrogen-bond donors (Lipinski definition) is 1. The molecule has 3 heteroatoms. The van der Waals surface area contributed by atoms with Crippen LogP contribution in [0.1, 0.15) is 44.2 Å². The smallest absolute Gasteiger partial charge is 0.307 e. The molecule has 0 saturated carbocycles. The summed E-state index contributed by atoms with van der Waals surface area (Å²) in [5, 5.41) is 8.99. The quantitative estimate of drug-likeness (QED) is 0.794. The minimum Gasteiger partial charge on any atom is -0.494 e. The van der Waals surface area contributed by atoms with Gasteiger partial charge >= 0.3 is 5.97 Å². The zero-order chi connectivity index (χ0) is 13.8. The van der Waals surface area contributed by atoms with E-state index in [1.807, 2.05) is 19.1 Å². The Morgan fingerprint density at radius 1 is 1.42 bits per heavy atom. The molecule has 1 N–H and O–H groups in total. The van der Waals surface area contributed by atoms with Crippen LogP contribution < -0.4 is 4.74 Å². The summed E-state index contributed by atoms with van der Waals surface area (Å²) >= 11 is 0. The zero-order valence-electron chi connectivity index (χ0n) is 11.5. The topological polar surface area (TPSA) is 46.5 Å². The van der Waals surface area contributed by atoms with E-state index in [9.17, 15) is 4.79 Å². The lowest BCUT2D eigenvalue weighted by atomic mass is 10.0. The first-order valence-corrected chi connectivity index (χ1v) is 6.78. The van der Waals surface area contributed by atoms with Crippen molar-refractivity contribution in [3.8, 4) is 5.75 Å². The SMILES string of the molecule is CCCCOc1ccc2c(c1)C(CC(=O)O)=C(C)C2. The number of aliphatic carboxylic acids is 1. The van der Waals surface area contributed by atoms with Crippen molar-refractivity contribution in [3.05, 3.63) is 34.9 Å². The number of ether oxygens (including phenoxy) is 1. The highest BCUT2D eigenvalue weighted by molar-refractivity contribution is 5.88. The summed E-state index contributed by atoms with van der Waals surface area (Å²) in [6.07, 6.45) is 3.09. The number of hydrogen-bond acceptors (Lipinski definition) is 2. The van der Waals surface area contributed by atoms with Crippen LogP contribution in [0.5, 0.6) is 5.75 Å². The molecule has 0 heterocycles. The first-order valence-electron chi connectivity index (χ1n) is 6.78. The zero-order valence-corrected chi connectivity index (χ0v) is 11.5. The van der Waals surface area contributed by atoms with Crippen LogP contribution in [-0.2, 0) is 11.2 Å². The Bertz CT molecular complexity index is 515. The molecule has 0 saturated heterocycles. The van der Waals surface area contributed by atoms with E-state index in [4.69, 9.17) is 9.84 Å². The molecule has 1 aliphatic carbocycles. The Morgan fingerprint density at radius 3 is 2.89 bits per heavy atom. The largest absolute Gasteiger partial charge is 0.494 e. The van der Waals surface area contributed by atoms with Crippen LogP contribution >= 0.6 is 0 Å². The monoisotopic (exact) mass is 260 g/mol. The fraction of sp³-hybridized carbons (Fsp3) is 0.438. The van der Waals surface area contributed by atoms with Crippen molar-refractivity contribution in [3.63, 3.8) is 0 Å². The molecule has 3 nitrogen and oxygen atoms in total. The van der Waals surface area contributed by atoms with E-state index in [1.54, 1.807) is 0 Å². The fourth-order valence-electron chi connectivity index (χ4n) is 2.43. The molecular formula is C16H20O3. The summed E-state index contributed by atoms with van der Waals surface area (Å²) in [6, 6.07) is 6.01. The van der Waals surface area contributed by atoms with Crippen molar-refractivity contribution in [2.75, 3.05) is 6.61 Å². The highest BCUT2D eigenvalue weighted by Crippen LogP contribution is 2.36. The van der Waals surface area contributed by atoms with Crippen molar-refractivity contribution in [1.29, 1.82) is 0 Å². The van der Waals surface area contributed by atoms with Crippen LogP contribution in [0.15, 0.2) is 23.8 Å². The average Bonchev–Trinajstić information content (AvgIpc) is 2.66. The van der Waals surface area contributed by atoms with E-state index in [1.165, 1.54) is 5.56 Å². The number of carboxylic acid groups (broad SMARTS) is 1. The molecule has 102 valence electrons. The molecule has 1 aromatic carbocycles. The van der Waals surface area contributed by atoms with Crippen molar-refractivity contribution in [2.24, 2.45) is 0 Å². The Balaban J connectivity index is 2.19. The maximum Gasteiger partial charge on any atom is 0.307 e. The highest BCUT2D eigenvalue weighted by Gasteiger charge is 2.21. The Hall–Kier alpha value is -1.77. The van der Waals surface area contributed by atoms with Gasteiger partial charge in [-0.05, 0) is 48.6 Å². The molecule has 0 atom stereocenters. The van der Waals surface area contributed by atoms with Gasteiger partial charge in [0.1, 0.15) is 5.75 Å². The van der Waals surface area contributed by atoms with E-state index in [0.717, 1.165) is 41.7 Å². The number of fused-ring (bicyclic) bond motifs is 1. The maximum absolute atomic E-state index is 10.9. The van der Waals surface area contributed by atoms with Gasteiger partial charge in [-0.25, -0.2) is 0 Å². The third-order valence-electron chi connectivity index (χ3n) is 3.47. The number of carboxylic acids is 1. The van der Waals surface area contributed by atoms with Gasteiger partial charge < -0.3 is 9.84 Å². The molecule has 0 aromatic heterocycles. The second-order valence-corrected chi connectivity index (χ2v) is 5.03. The van der Waals surface area contributed by atoms with Gasteiger partial charge in [0.15, 0.2) is 0 Å². The lowest BCUT2D eigenvalue weighted by molar-refractivity contribution is -0.135. The minimum absolute atomic E-state index is 0.0945. The van der Waals surface area contributed by atoms with Crippen LogP contribution in [0.25, 0.3) is 5.57 Å². The predicted molar refractivity (Wildman–Crippen MR) is 75.4 cm³/mol. The first-order chi connectivity index (χ1) is 9.11. The molecule has 0 unspecified atom stereocenters. The minimum atomic E-state index is -0.778. The molecular weight excluding hydrogens is 240 g/mol. The molecule has 0 fully saturated rings. The third-order valence-corrected chi connectivity index (χ3v) is 3.47. The highest BCUT2D eigenvalue weighted by atomic mass is 16.5. The number of benzene rings is 1. The standard InChI is InChI=1S/C16H20O3/c1-3-4-7-19-13-6-5-12-8-11(2)14(10-16(17)18)15(12)9-13/h5-6,9H,3-4,7-8,10H2,1-2H3,(H,17,18). The summed E-state index contributed by atoms with van der Waals surface area (Å²) in [5.74, 6) is 0.0595. The van der Waals surface area contributed by atoms with E-state index in [-0.39, 0.29) is 6.42 Å². The average molecular weight is 260 g/mol. The normalized spacial score (nSPS) is 13.6. The van der Waals surface area contributed by atoms with Crippen LogP contribution in [0.3, 0.4) is 0 Å². The molecule has 0 bridgehead atoms. The van der Waals surface area contributed by atoms with Gasteiger partial charge in [-0.1, -0.05) is 25.0 Å². The maximum atomic E-state index is 10.9. The molecule has 2 rings (SSSR count). The molecule has 1 aromatic rings. The van der Waals surface area contributed by atoms with Gasteiger partial charge in [0.05, 0.1) is 13.0 Å². The summed E-state index contributed by atoms with van der Waals surface area (Å²) in [5.41, 5.74) is 4.36. The van der Waals surface area contributed by atoms with Crippen molar-refractivity contribution in [2.45, 2.75) is 39.5 Å². The molecule has 0 spiro atoms. The van der Waals surface area contributed by atoms with E-state index in [0.29, 0.717) is 6.61 Å². The van der Waals surface area contributed by atoms with Gasteiger partial charge in [-0.15, -0.1) is 0 Å². The predicted octanol–water partition coefficient (Wildman–Crippen LogP) is 3.67. The van der Waals surface area contributed by atoms with Crippen LogP contribution in [0.2, 0.25) is 0 Å². The second kappa shape index (κ2) is 5.91. The lowest BCUT2D eigenvalue weighted by Crippen LogP contribution is -1.99. The molecule has 0 aliphatic heterocycles. The number of unbranched alkanes of at least 4 members (excludes halogenated alkanes) is 1. The van der Waals surface area contributed by atoms with Crippen LogP contribution in [0, 0.1) is 0 Å². The Morgan fingerprint density at radius 2 is 2.21 bits per heavy atom. The van der Waals surface area contributed by atoms with Crippen molar-refractivity contribution < 1.29 is 14.6 Å². The van der Waals surface area contributed by atoms with Gasteiger partial charge in [-0.2, -0.15) is 0 Å². The first kappa shape index (κ1) is 13.7. The number of allylic oxidation sites excluding steroid dienone is 1. The molecule has 1 aliphatic rings. The summed E-state index contributed by atoms with van der Waals surface area (Å²) in [6.45, 7) is 4.85. The van der Waals surface area contributed by atoms with Gasteiger partial charge in [-0.3, -0.25) is 4.79 Å². The van der Waals surface area contributed by atoms with E-state index < -0.39 is 5.97 Å². The van der Waals surface area contributed by atoms with Gasteiger partial charge in [0, 0.05) is 0 Å².